The Balaban J connectivity index is 5.85. The molecule has 21 heteroatoms. The lowest BCUT2D eigenvalue weighted by Gasteiger charge is -2.41. The van der Waals surface area contributed by atoms with Crippen molar-refractivity contribution in [1.82, 2.24) is 0 Å². The molecule has 0 heterocycles. The minimum absolute atomic E-state index is 1.13. The summed E-state index contributed by atoms with van der Waals surface area (Å²) in [6, 6.07) is -1.13. The van der Waals surface area contributed by atoms with Crippen molar-refractivity contribution in [2.45, 2.75) is 101 Å². The third-order valence-corrected chi connectivity index (χ3v) is 18.1. The first-order chi connectivity index (χ1) is 15.6. The molecule has 1 N–H and O–H groups in total. The van der Waals surface area contributed by atoms with E-state index in [0.717, 1.165) is 13.1 Å². The van der Waals surface area contributed by atoms with E-state index in [9.17, 15) is 61.9 Å². The second-order valence-corrected chi connectivity index (χ2v) is 25.3. The maximum Gasteiger partial charge on any atom is 0.460 e. The van der Waals surface area contributed by atoms with Crippen LogP contribution in [0.5, 0.6) is 0 Å². The quantitative estimate of drug-likeness (QED) is 0.167. The average molecular weight is 645 g/mol. The van der Waals surface area contributed by atoms with Crippen molar-refractivity contribution in [3.63, 3.8) is 0 Å². The molecule has 4 nitrogen and oxygen atoms in total. The molecule has 37 heavy (non-hydrogen) atoms. The molecule has 0 fully saturated rings. The molecule has 0 radical (unpaired) electrons. The summed E-state index contributed by atoms with van der Waals surface area (Å²) in [7, 11) is -13.1. The van der Waals surface area contributed by atoms with Gasteiger partial charge in [0, 0.05) is 6.42 Å². The van der Waals surface area contributed by atoms with E-state index in [1.54, 1.807) is 0 Å². The third-order valence-electron chi connectivity index (χ3n) is 4.55. The van der Waals surface area contributed by atoms with E-state index in [0.29, 0.717) is 0 Å². The van der Waals surface area contributed by atoms with Crippen LogP contribution in [0.4, 0.5) is 57.1 Å². The molecular formula is C16H29F13O4Si4. The number of halogens is 13. The van der Waals surface area contributed by atoms with Crippen molar-refractivity contribution in [3.05, 3.63) is 0 Å². The maximum atomic E-state index is 14.2. The van der Waals surface area contributed by atoms with Gasteiger partial charge in [-0.15, -0.1) is 0 Å². The topological polar surface area (TPSA) is 47.9 Å². The molecule has 0 saturated carbocycles. The Kier molecular flexibility index (Phi) is 10.3. The van der Waals surface area contributed by atoms with Gasteiger partial charge in [-0.2, -0.15) is 57.1 Å². The summed E-state index contributed by atoms with van der Waals surface area (Å²) in [6.45, 7) is 11.0. The highest BCUT2D eigenvalue weighted by Crippen LogP contribution is 2.61. The molecule has 0 aliphatic rings. The Hall–Kier alpha value is -0.202. The summed E-state index contributed by atoms with van der Waals surface area (Å²) in [6.07, 6.45) is -9.75. The zero-order chi connectivity index (χ0) is 30.5. The number of rotatable bonds is 13. The third kappa shape index (κ3) is 8.39. The first-order valence-electron chi connectivity index (χ1n) is 10.4. The summed E-state index contributed by atoms with van der Waals surface area (Å²) in [5, 5.41) is 0. The largest absolute Gasteiger partial charge is 0.460 e. The minimum Gasteiger partial charge on any atom is -0.436 e. The molecular weight excluding hydrogens is 615 g/mol. The highest BCUT2D eigenvalue weighted by Gasteiger charge is 2.90. The number of alkyl halides is 13. The molecule has 0 aromatic carbocycles. The van der Waals surface area contributed by atoms with Gasteiger partial charge < -0.3 is 17.1 Å². The Morgan fingerprint density at radius 1 is 0.514 bits per heavy atom. The zero-order valence-electron chi connectivity index (χ0n) is 21.0. The van der Waals surface area contributed by atoms with E-state index in [-0.39, 0.29) is 0 Å². The zero-order valence-corrected chi connectivity index (χ0v) is 25.0. The van der Waals surface area contributed by atoms with Crippen LogP contribution in [0, 0.1) is 0 Å². The van der Waals surface area contributed by atoms with Crippen molar-refractivity contribution in [1.29, 1.82) is 0 Å². The number of hydrogen-bond donors (Lipinski definition) is 1. The second-order valence-electron chi connectivity index (χ2n) is 10.3. The van der Waals surface area contributed by atoms with Gasteiger partial charge in [-0.05, 0) is 58.4 Å². The molecule has 0 atom stereocenters. The van der Waals surface area contributed by atoms with Crippen LogP contribution >= 0.6 is 0 Å². The minimum atomic E-state index is -7.92. The smallest absolute Gasteiger partial charge is 0.436 e. The van der Waals surface area contributed by atoms with Gasteiger partial charge >= 0.3 is 61.5 Å². The van der Waals surface area contributed by atoms with Crippen molar-refractivity contribution >= 4 is 34.0 Å². The van der Waals surface area contributed by atoms with Crippen molar-refractivity contribution in [2.75, 3.05) is 0 Å². The normalized spacial score (nSPS) is 16.4. The lowest BCUT2D eigenvalue weighted by atomic mass is 9.93. The Morgan fingerprint density at radius 2 is 0.865 bits per heavy atom. The monoisotopic (exact) mass is 644 g/mol. The molecule has 0 rings (SSSR count). The summed E-state index contributed by atoms with van der Waals surface area (Å²) >= 11 is 0. The van der Waals surface area contributed by atoms with Gasteiger partial charge in [0.05, 0.1) is 0 Å². The Bertz CT molecular complexity index is 797. The second kappa shape index (κ2) is 10.3. The van der Waals surface area contributed by atoms with Crippen LogP contribution in [0.1, 0.15) is 6.42 Å². The lowest BCUT2D eigenvalue weighted by molar-refractivity contribution is -0.439. The molecule has 0 aliphatic carbocycles. The van der Waals surface area contributed by atoms with Gasteiger partial charge in [0.25, 0.3) is 0 Å². The Labute approximate surface area is 209 Å². The van der Waals surface area contributed by atoms with Crippen LogP contribution in [-0.4, -0.2) is 74.6 Å². The summed E-state index contributed by atoms with van der Waals surface area (Å²) in [5.74, 6) is -36.9. The predicted octanol–water partition coefficient (Wildman–Crippen LogP) is 7.47. The van der Waals surface area contributed by atoms with Gasteiger partial charge in [0.1, 0.15) is 0 Å². The van der Waals surface area contributed by atoms with Gasteiger partial charge in [-0.1, -0.05) is 0 Å². The van der Waals surface area contributed by atoms with Crippen LogP contribution in [0.3, 0.4) is 0 Å². The van der Waals surface area contributed by atoms with E-state index in [2.05, 4.69) is 0 Å². The first-order valence-corrected chi connectivity index (χ1v) is 22.0. The van der Waals surface area contributed by atoms with Crippen LogP contribution in [-0.2, 0) is 12.3 Å². The SMILES string of the molecule is C[Si](C)(O)O[Si](C)(C)O[Si](C)(C)O[Si](C)(C)CCC(F)(F)C(F)(F)C(F)(F)C(F)(F)C(F)(F)C(F)(F)F. The molecule has 0 amide bonds. The van der Waals surface area contributed by atoms with E-state index in [1.165, 1.54) is 39.3 Å². The fourth-order valence-electron chi connectivity index (χ4n) is 3.37. The summed E-state index contributed by atoms with van der Waals surface area (Å²) in [5.41, 5.74) is 0. The van der Waals surface area contributed by atoms with Crippen LogP contribution in [0.15, 0.2) is 0 Å². The standard InChI is InChI=1S/C16H29F13O4Si4/c1-34(2,31-36(5,6)33-37(7,8)32-35(3,4)30)10-9-11(17,18)12(19,20)13(21,22)14(23,24)15(25,26)16(27,28)29/h30H,9-10H2,1-8H3. The van der Waals surface area contributed by atoms with Crippen LogP contribution in [0.2, 0.25) is 58.4 Å². The maximum absolute atomic E-state index is 14.2. The lowest BCUT2D eigenvalue weighted by Crippen LogP contribution is -2.70. The number of hydrogen-bond acceptors (Lipinski definition) is 4. The Morgan fingerprint density at radius 3 is 1.22 bits per heavy atom. The summed E-state index contributed by atoms with van der Waals surface area (Å²) in [4.78, 5) is 9.93. The van der Waals surface area contributed by atoms with E-state index >= 15 is 0 Å². The first kappa shape index (κ1) is 36.8. The molecule has 0 saturated heterocycles. The van der Waals surface area contributed by atoms with Crippen LogP contribution in [0.25, 0.3) is 0 Å². The summed E-state index contributed by atoms with van der Waals surface area (Å²) < 4.78 is 190. The van der Waals surface area contributed by atoms with Crippen LogP contribution < -0.4 is 0 Å². The molecule has 224 valence electrons. The molecule has 0 aromatic rings. The van der Waals surface area contributed by atoms with Crippen molar-refractivity contribution < 1.29 is 74.2 Å². The van der Waals surface area contributed by atoms with Gasteiger partial charge in [0.15, 0.2) is 8.32 Å². The van der Waals surface area contributed by atoms with Gasteiger partial charge in [-0.3, -0.25) is 0 Å². The molecule has 0 aromatic heterocycles. The van der Waals surface area contributed by atoms with Gasteiger partial charge in [0.2, 0.25) is 0 Å². The highest BCUT2D eigenvalue weighted by molar-refractivity contribution is 6.88. The molecule has 0 spiro atoms. The van der Waals surface area contributed by atoms with Gasteiger partial charge in [-0.25, -0.2) is 0 Å². The molecule has 0 aliphatic heterocycles. The van der Waals surface area contributed by atoms with E-state index in [1.807, 2.05) is 0 Å². The molecule has 0 unspecified atom stereocenters. The van der Waals surface area contributed by atoms with Crippen molar-refractivity contribution in [3.8, 4) is 0 Å². The average Bonchev–Trinajstić information content (AvgIpc) is 2.54. The van der Waals surface area contributed by atoms with Crippen molar-refractivity contribution in [2.24, 2.45) is 0 Å². The fourth-order valence-corrected chi connectivity index (χ4v) is 20.6. The fraction of sp³-hybridized carbons (Fsp3) is 1.00. The predicted molar refractivity (Wildman–Crippen MR) is 116 cm³/mol. The van der Waals surface area contributed by atoms with E-state index in [4.69, 9.17) is 12.3 Å². The van der Waals surface area contributed by atoms with E-state index < -0.39 is 82.3 Å². The highest BCUT2D eigenvalue weighted by atomic mass is 28.5. The molecule has 0 bridgehead atoms.